The molecule has 1 rings (SSSR count). The van der Waals surface area contributed by atoms with E-state index in [9.17, 15) is 9.90 Å². The van der Waals surface area contributed by atoms with Gasteiger partial charge in [0.1, 0.15) is 0 Å². The molecule has 3 heteroatoms. The van der Waals surface area contributed by atoms with Crippen molar-refractivity contribution in [2.45, 2.75) is 45.2 Å². The molecule has 0 saturated carbocycles. The molecule has 1 aliphatic rings. The van der Waals surface area contributed by atoms with E-state index in [-0.39, 0.29) is 5.54 Å². The van der Waals surface area contributed by atoms with E-state index >= 15 is 0 Å². The van der Waals surface area contributed by atoms with Gasteiger partial charge in [0, 0.05) is 23.0 Å². The van der Waals surface area contributed by atoms with Gasteiger partial charge >= 0.3 is 0 Å². The summed E-state index contributed by atoms with van der Waals surface area (Å²) in [5, 5.41) is 15.2. The SMILES string of the molecule is CC1(C)CC(C(=O)[O-])C(C)(C)[N]1. The van der Waals surface area contributed by atoms with Crippen molar-refractivity contribution in [2.75, 3.05) is 0 Å². The highest BCUT2D eigenvalue weighted by atomic mass is 16.4. The summed E-state index contributed by atoms with van der Waals surface area (Å²) in [4.78, 5) is 10.7. The fraction of sp³-hybridized carbons (Fsp3) is 0.889. The van der Waals surface area contributed by atoms with Crippen LogP contribution in [0.5, 0.6) is 0 Å². The molecule has 0 aromatic carbocycles. The lowest BCUT2D eigenvalue weighted by Crippen LogP contribution is -2.44. The molecule has 0 N–H and O–H groups in total. The van der Waals surface area contributed by atoms with Crippen LogP contribution in [0.4, 0.5) is 0 Å². The fourth-order valence-electron chi connectivity index (χ4n) is 2.02. The Morgan fingerprint density at radius 3 is 2.08 bits per heavy atom. The van der Waals surface area contributed by atoms with E-state index in [1.807, 2.05) is 27.7 Å². The van der Waals surface area contributed by atoms with Crippen LogP contribution in [0.2, 0.25) is 0 Å². The third kappa shape index (κ3) is 1.61. The maximum atomic E-state index is 10.7. The first-order valence-electron chi connectivity index (χ1n) is 4.19. The minimum atomic E-state index is -0.977. The van der Waals surface area contributed by atoms with Crippen molar-refractivity contribution >= 4 is 5.97 Å². The number of carbonyl (C=O) groups is 1. The van der Waals surface area contributed by atoms with Gasteiger partial charge in [0.2, 0.25) is 0 Å². The molecule has 12 heavy (non-hydrogen) atoms. The number of aliphatic carboxylic acids is 1. The number of carboxylic acids is 1. The van der Waals surface area contributed by atoms with Gasteiger partial charge in [-0.25, -0.2) is 5.32 Å². The molecule has 1 heterocycles. The second-order valence-electron chi connectivity index (χ2n) is 4.65. The van der Waals surface area contributed by atoms with Gasteiger partial charge in [-0.2, -0.15) is 0 Å². The Hall–Kier alpha value is -0.570. The molecule has 69 valence electrons. The first-order valence-corrected chi connectivity index (χ1v) is 4.19. The Balaban J connectivity index is 2.85. The number of rotatable bonds is 1. The van der Waals surface area contributed by atoms with Crippen LogP contribution >= 0.6 is 0 Å². The standard InChI is InChI=1S/C9H16NO2/c1-8(2)5-6(7(11)12)9(3,4)10-8/h6H,5H2,1-4H3,(H,11,12)/p-1. The third-order valence-electron chi connectivity index (χ3n) is 2.43. The molecule has 0 spiro atoms. The summed E-state index contributed by atoms with van der Waals surface area (Å²) in [5.74, 6) is -1.41. The van der Waals surface area contributed by atoms with Crippen molar-refractivity contribution < 1.29 is 9.90 Å². The van der Waals surface area contributed by atoms with Gasteiger partial charge in [0.15, 0.2) is 0 Å². The van der Waals surface area contributed by atoms with Gasteiger partial charge < -0.3 is 9.90 Å². The predicted octanol–water partition coefficient (Wildman–Crippen LogP) is -0.0822. The first kappa shape index (κ1) is 9.52. The second-order valence-corrected chi connectivity index (χ2v) is 4.65. The highest BCUT2D eigenvalue weighted by molar-refractivity contribution is 5.70. The van der Waals surface area contributed by atoms with E-state index in [0.29, 0.717) is 6.42 Å². The minimum Gasteiger partial charge on any atom is -0.550 e. The summed E-state index contributed by atoms with van der Waals surface area (Å²) in [6.45, 7) is 7.61. The number of nitrogens with zero attached hydrogens (tertiary/aromatic N) is 1. The summed E-state index contributed by atoms with van der Waals surface area (Å²) >= 11 is 0. The van der Waals surface area contributed by atoms with E-state index in [1.165, 1.54) is 0 Å². The van der Waals surface area contributed by atoms with Crippen LogP contribution in [-0.4, -0.2) is 17.0 Å². The van der Waals surface area contributed by atoms with Gasteiger partial charge in [0.25, 0.3) is 0 Å². The molecule has 1 unspecified atom stereocenters. The maximum absolute atomic E-state index is 10.7. The monoisotopic (exact) mass is 169 g/mol. The second kappa shape index (κ2) is 2.46. The zero-order chi connectivity index (χ0) is 9.57. The summed E-state index contributed by atoms with van der Waals surface area (Å²) in [5.41, 5.74) is -0.684. The van der Waals surface area contributed by atoms with Gasteiger partial charge in [0.05, 0.1) is 0 Å². The van der Waals surface area contributed by atoms with Crippen LogP contribution in [0.25, 0.3) is 0 Å². The molecule has 1 aliphatic heterocycles. The van der Waals surface area contributed by atoms with Gasteiger partial charge in [-0.3, -0.25) is 0 Å². The van der Waals surface area contributed by atoms with E-state index in [2.05, 4.69) is 5.32 Å². The highest BCUT2D eigenvalue weighted by Gasteiger charge is 2.45. The van der Waals surface area contributed by atoms with Gasteiger partial charge in [-0.05, 0) is 34.1 Å². The average molecular weight is 169 g/mol. The zero-order valence-corrected chi connectivity index (χ0v) is 8.05. The average Bonchev–Trinajstić information content (AvgIpc) is 1.99. The Kier molecular flexibility index (Phi) is 1.95. The zero-order valence-electron chi connectivity index (χ0n) is 8.05. The topological polar surface area (TPSA) is 54.2 Å². The minimum absolute atomic E-state index is 0.214. The largest absolute Gasteiger partial charge is 0.550 e. The molecule has 0 aliphatic carbocycles. The Labute approximate surface area is 73.2 Å². The molecule has 0 bridgehead atoms. The van der Waals surface area contributed by atoms with Crippen LogP contribution in [0.3, 0.4) is 0 Å². The Morgan fingerprint density at radius 2 is 1.92 bits per heavy atom. The van der Waals surface area contributed by atoms with Crippen LogP contribution in [0.1, 0.15) is 34.1 Å². The van der Waals surface area contributed by atoms with Crippen LogP contribution in [-0.2, 0) is 4.79 Å². The normalized spacial score (nSPS) is 31.8. The highest BCUT2D eigenvalue weighted by Crippen LogP contribution is 2.36. The molecule has 0 aromatic heterocycles. The third-order valence-corrected chi connectivity index (χ3v) is 2.43. The first-order chi connectivity index (χ1) is 5.25. The molecule has 0 amide bonds. The number of carbonyl (C=O) groups excluding carboxylic acids is 1. The lowest BCUT2D eigenvalue weighted by molar-refractivity contribution is -0.313. The summed E-state index contributed by atoms with van der Waals surface area (Å²) in [7, 11) is 0. The number of carboxylic acid groups (broad SMARTS) is 1. The Morgan fingerprint density at radius 1 is 1.42 bits per heavy atom. The van der Waals surface area contributed by atoms with Crippen LogP contribution < -0.4 is 10.4 Å². The molecule has 3 nitrogen and oxygen atoms in total. The van der Waals surface area contributed by atoms with E-state index < -0.39 is 17.4 Å². The Bertz CT molecular complexity index is 209. The van der Waals surface area contributed by atoms with Crippen molar-refractivity contribution in [1.82, 2.24) is 5.32 Å². The lowest BCUT2D eigenvalue weighted by Gasteiger charge is -2.26. The molecular formula is C9H15NO2-. The van der Waals surface area contributed by atoms with Crippen molar-refractivity contribution in [1.29, 1.82) is 0 Å². The van der Waals surface area contributed by atoms with Crippen molar-refractivity contribution in [3.8, 4) is 0 Å². The van der Waals surface area contributed by atoms with Crippen molar-refractivity contribution in [3.63, 3.8) is 0 Å². The summed E-state index contributed by atoms with van der Waals surface area (Å²) < 4.78 is 0. The molecule has 1 saturated heterocycles. The van der Waals surface area contributed by atoms with Crippen LogP contribution in [0.15, 0.2) is 0 Å². The molecular weight excluding hydrogens is 154 g/mol. The smallest absolute Gasteiger partial charge is 0.0464 e. The maximum Gasteiger partial charge on any atom is 0.0464 e. The lowest BCUT2D eigenvalue weighted by atomic mass is 9.87. The van der Waals surface area contributed by atoms with Crippen molar-refractivity contribution in [2.24, 2.45) is 5.92 Å². The van der Waals surface area contributed by atoms with Crippen LogP contribution in [0, 0.1) is 5.92 Å². The number of hydrogen-bond acceptors (Lipinski definition) is 2. The van der Waals surface area contributed by atoms with Crippen molar-refractivity contribution in [3.05, 3.63) is 0 Å². The quantitative estimate of drug-likeness (QED) is 0.551. The summed E-state index contributed by atoms with van der Waals surface area (Å²) in [6.07, 6.45) is 0.586. The van der Waals surface area contributed by atoms with Gasteiger partial charge in [-0.15, -0.1) is 0 Å². The van der Waals surface area contributed by atoms with E-state index in [4.69, 9.17) is 0 Å². The molecule has 1 atom stereocenters. The summed E-state index contributed by atoms with van der Waals surface area (Å²) in [6, 6.07) is 0. The molecule has 1 fully saturated rings. The van der Waals surface area contributed by atoms with E-state index in [0.717, 1.165) is 0 Å². The van der Waals surface area contributed by atoms with E-state index in [1.54, 1.807) is 0 Å². The van der Waals surface area contributed by atoms with Gasteiger partial charge in [-0.1, -0.05) is 0 Å². The fourth-order valence-corrected chi connectivity index (χ4v) is 2.02. The number of hydrogen-bond donors (Lipinski definition) is 0. The molecule has 0 aromatic rings. The molecule has 1 radical (unpaired) electrons. The predicted molar refractivity (Wildman–Crippen MR) is 43.4 cm³/mol.